The van der Waals surface area contributed by atoms with E-state index in [0.717, 1.165) is 16.7 Å². The lowest BCUT2D eigenvalue weighted by Gasteiger charge is -2.33. The van der Waals surface area contributed by atoms with Crippen molar-refractivity contribution in [2.45, 2.75) is 19.6 Å². The van der Waals surface area contributed by atoms with E-state index in [9.17, 15) is 9.90 Å². The van der Waals surface area contributed by atoms with Gasteiger partial charge in [0.25, 0.3) is 5.91 Å². The number of rotatable bonds is 3. The van der Waals surface area contributed by atoms with E-state index < -0.39 is 0 Å². The zero-order valence-corrected chi connectivity index (χ0v) is 14.3. The molecule has 0 radical (unpaired) electrons. The van der Waals surface area contributed by atoms with Crippen molar-refractivity contribution in [1.82, 2.24) is 4.90 Å². The molecule has 4 nitrogen and oxygen atoms in total. The van der Waals surface area contributed by atoms with Crippen molar-refractivity contribution in [3.05, 3.63) is 69.7 Å². The van der Waals surface area contributed by atoms with E-state index in [-0.39, 0.29) is 18.6 Å². The standard InChI is InChI=1S/C19H20ClNO3/c1-13-6-7-14(10-15(13)12-22)19(23)21-8-9-24-18(11-21)16-4-2-3-5-17(16)20/h2-7,10,18,22H,8-9,11-12H2,1H3/t18-/m1/s1. The maximum absolute atomic E-state index is 12.8. The summed E-state index contributed by atoms with van der Waals surface area (Å²) in [4.78, 5) is 14.6. The van der Waals surface area contributed by atoms with E-state index in [4.69, 9.17) is 16.3 Å². The molecule has 1 heterocycles. The number of aryl methyl sites for hydroxylation is 1. The Kier molecular flexibility index (Phi) is 5.19. The topological polar surface area (TPSA) is 49.8 Å². The summed E-state index contributed by atoms with van der Waals surface area (Å²) in [6.45, 7) is 3.33. The van der Waals surface area contributed by atoms with Gasteiger partial charge in [0.05, 0.1) is 19.8 Å². The minimum atomic E-state index is -0.223. The summed E-state index contributed by atoms with van der Waals surface area (Å²) in [6, 6.07) is 13.0. The summed E-state index contributed by atoms with van der Waals surface area (Å²) >= 11 is 6.25. The van der Waals surface area contributed by atoms with Gasteiger partial charge < -0.3 is 14.7 Å². The largest absolute Gasteiger partial charge is 0.392 e. The average Bonchev–Trinajstić information content (AvgIpc) is 2.62. The Morgan fingerprint density at radius 2 is 2.12 bits per heavy atom. The molecule has 1 atom stereocenters. The third kappa shape index (κ3) is 3.46. The minimum absolute atomic E-state index is 0.0509. The van der Waals surface area contributed by atoms with Crippen LogP contribution in [0.5, 0.6) is 0 Å². The van der Waals surface area contributed by atoms with Crippen molar-refractivity contribution >= 4 is 17.5 Å². The number of aliphatic hydroxyl groups is 1. The molecular weight excluding hydrogens is 326 g/mol. The number of carbonyl (C=O) groups is 1. The van der Waals surface area contributed by atoms with E-state index in [1.54, 1.807) is 17.0 Å². The number of hydrogen-bond acceptors (Lipinski definition) is 3. The van der Waals surface area contributed by atoms with E-state index >= 15 is 0 Å². The fraction of sp³-hybridized carbons (Fsp3) is 0.316. The molecule has 3 rings (SSSR count). The number of hydrogen-bond donors (Lipinski definition) is 1. The van der Waals surface area contributed by atoms with Gasteiger partial charge in [-0.2, -0.15) is 0 Å². The molecule has 0 aromatic heterocycles. The van der Waals surface area contributed by atoms with Crippen molar-refractivity contribution < 1.29 is 14.6 Å². The fourth-order valence-electron chi connectivity index (χ4n) is 2.92. The smallest absolute Gasteiger partial charge is 0.254 e. The summed E-state index contributed by atoms with van der Waals surface area (Å²) < 4.78 is 5.81. The number of nitrogens with zero attached hydrogens (tertiary/aromatic N) is 1. The molecular formula is C19H20ClNO3. The van der Waals surface area contributed by atoms with Crippen LogP contribution in [0.25, 0.3) is 0 Å². The zero-order valence-electron chi connectivity index (χ0n) is 13.5. The lowest BCUT2D eigenvalue weighted by molar-refractivity contribution is -0.0227. The highest BCUT2D eigenvalue weighted by Crippen LogP contribution is 2.29. The molecule has 0 bridgehead atoms. The Balaban J connectivity index is 1.79. The molecule has 1 amide bonds. The van der Waals surface area contributed by atoms with Gasteiger partial charge in [0.15, 0.2) is 0 Å². The molecule has 24 heavy (non-hydrogen) atoms. The highest BCUT2D eigenvalue weighted by molar-refractivity contribution is 6.31. The number of ether oxygens (including phenoxy) is 1. The molecule has 2 aromatic rings. The van der Waals surface area contributed by atoms with Crippen LogP contribution in [0.2, 0.25) is 5.02 Å². The second-order valence-electron chi connectivity index (χ2n) is 5.93. The third-order valence-electron chi connectivity index (χ3n) is 4.37. The van der Waals surface area contributed by atoms with Crippen molar-refractivity contribution in [3.63, 3.8) is 0 Å². The molecule has 1 aliphatic heterocycles. The van der Waals surface area contributed by atoms with Crippen LogP contribution in [-0.4, -0.2) is 35.6 Å². The van der Waals surface area contributed by atoms with Crippen LogP contribution in [0.15, 0.2) is 42.5 Å². The quantitative estimate of drug-likeness (QED) is 0.928. The SMILES string of the molecule is Cc1ccc(C(=O)N2CCO[C@@H](c3ccccc3Cl)C2)cc1CO. The molecule has 0 unspecified atom stereocenters. The van der Waals surface area contributed by atoms with Gasteiger partial charge in [-0.3, -0.25) is 4.79 Å². The first kappa shape index (κ1) is 17.0. The van der Waals surface area contributed by atoms with Crippen LogP contribution in [-0.2, 0) is 11.3 Å². The first-order chi connectivity index (χ1) is 11.6. The van der Waals surface area contributed by atoms with Crippen LogP contribution in [0.4, 0.5) is 0 Å². The van der Waals surface area contributed by atoms with Crippen LogP contribution >= 0.6 is 11.6 Å². The Hall–Kier alpha value is -1.88. The molecule has 0 aliphatic carbocycles. The number of aliphatic hydroxyl groups excluding tert-OH is 1. The van der Waals surface area contributed by atoms with Gasteiger partial charge in [-0.05, 0) is 36.2 Å². The van der Waals surface area contributed by atoms with E-state index in [1.807, 2.05) is 37.3 Å². The maximum Gasteiger partial charge on any atom is 0.254 e. The van der Waals surface area contributed by atoms with Crippen molar-refractivity contribution in [3.8, 4) is 0 Å². The second-order valence-corrected chi connectivity index (χ2v) is 6.34. The highest BCUT2D eigenvalue weighted by atomic mass is 35.5. The molecule has 1 N–H and O–H groups in total. The predicted octanol–water partition coefficient (Wildman–Crippen LogP) is 3.35. The summed E-state index contributed by atoms with van der Waals surface area (Å²) in [5.74, 6) is -0.0509. The number of halogens is 1. The van der Waals surface area contributed by atoms with Gasteiger partial charge in [0.1, 0.15) is 6.10 Å². The molecule has 1 fully saturated rings. The zero-order chi connectivity index (χ0) is 17.1. The lowest BCUT2D eigenvalue weighted by atomic mass is 10.0. The molecule has 126 valence electrons. The molecule has 1 aliphatic rings. The number of carbonyl (C=O) groups excluding carboxylic acids is 1. The summed E-state index contributed by atoms with van der Waals surface area (Å²) in [6.07, 6.45) is -0.223. The Bertz CT molecular complexity index is 747. The van der Waals surface area contributed by atoms with Crippen molar-refractivity contribution in [2.75, 3.05) is 19.7 Å². The molecule has 2 aromatic carbocycles. The Morgan fingerprint density at radius 1 is 1.33 bits per heavy atom. The van der Waals surface area contributed by atoms with Gasteiger partial charge in [-0.25, -0.2) is 0 Å². The number of benzene rings is 2. The summed E-state index contributed by atoms with van der Waals surface area (Å²) in [5, 5.41) is 10.0. The van der Waals surface area contributed by atoms with E-state index in [1.165, 1.54) is 0 Å². The van der Waals surface area contributed by atoms with Crippen LogP contribution < -0.4 is 0 Å². The molecule has 5 heteroatoms. The lowest BCUT2D eigenvalue weighted by Crippen LogP contribution is -2.42. The van der Waals surface area contributed by atoms with Crippen LogP contribution in [0.3, 0.4) is 0 Å². The van der Waals surface area contributed by atoms with Gasteiger partial charge in [-0.1, -0.05) is 35.9 Å². The van der Waals surface area contributed by atoms with Gasteiger partial charge in [-0.15, -0.1) is 0 Å². The molecule has 1 saturated heterocycles. The number of amides is 1. The fourth-order valence-corrected chi connectivity index (χ4v) is 3.17. The maximum atomic E-state index is 12.8. The number of morpholine rings is 1. The third-order valence-corrected chi connectivity index (χ3v) is 4.72. The highest BCUT2D eigenvalue weighted by Gasteiger charge is 2.27. The minimum Gasteiger partial charge on any atom is -0.392 e. The van der Waals surface area contributed by atoms with E-state index in [2.05, 4.69) is 0 Å². The predicted molar refractivity (Wildman–Crippen MR) is 93.2 cm³/mol. The van der Waals surface area contributed by atoms with Crippen molar-refractivity contribution in [1.29, 1.82) is 0 Å². The van der Waals surface area contributed by atoms with Crippen molar-refractivity contribution in [2.24, 2.45) is 0 Å². The first-order valence-electron chi connectivity index (χ1n) is 7.96. The van der Waals surface area contributed by atoms with Gasteiger partial charge in [0.2, 0.25) is 0 Å². The van der Waals surface area contributed by atoms with Gasteiger partial charge >= 0.3 is 0 Å². The summed E-state index contributed by atoms with van der Waals surface area (Å²) in [5.41, 5.74) is 3.24. The summed E-state index contributed by atoms with van der Waals surface area (Å²) in [7, 11) is 0. The van der Waals surface area contributed by atoms with E-state index in [0.29, 0.717) is 30.3 Å². The molecule has 0 spiro atoms. The normalized spacial score (nSPS) is 17.8. The monoisotopic (exact) mass is 345 g/mol. The first-order valence-corrected chi connectivity index (χ1v) is 8.33. The Labute approximate surface area is 146 Å². The Morgan fingerprint density at radius 3 is 2.88 bits per heavy atom. The second kappa shape index (κ2) is 7.34. The van der Waals surface area contributed by atoms with Crippen LogP contribution in [0.1, 0.15) is 33.2 Å². The van der Waals surface area contributed by atoms with Gasteiger partial charge in [0, 0.05) is 22.7 Å². The van der Waals surface area contributed by atoms with Crippen LogP contribution in [0, 0.1) is 6.92 Å². The molecule has 0 saturated carbocycles. The average molecular weight is 346 g/mol.